The zero-order valence-corrected chi connectivity index (χ0v) is 8.69. The lowest BCUT2D eigenvalue weighted by Gasteiger charge is -2.54. The molecule has 0 aromatic heterocycles. The number of hydrogen-bond donors (Lipinski definition) is 2. The van der Waals surface area contributed by atoms with Crippen molar-refractivity contribution in [2.24, 2.45) is 0 Å². The summed E-state index contributed by atoms with van der Waals surface area (Å²) in [4.78, 5) is 13.3. The summed E-state index contributed by atoms with van der Waals surface area (Å²) in [6, 6.07) is 0. The predicted molar refractivity (Wildman–Crippen MR) is 52.2 cm³/mol. The molecule has 0 aromatic carbocycles. The van der Waals surface area contributed by atoms with Crippen LogP contribution in [0, 0.1) is 0 Å². The van der Waals surface area contributed by atoms with Crippen LogP contribution in [0.5, 0.6) is 0 Å². The molecule has 0 bridgehead atoms. The Kier molecular flexibility index (Phi) is 2.95. The molecule has 1 spiro atoms. The molecule has 2 fully saturated rings. The summed E-state index contributed by atoms with van der Waals surface area (Å²) in [5, 5.41) is 17.9. The number of morpholine rings is 1. The zero-order chi connectivity index (χ0) is 10.9. The van der Waals surface area contributed by atoms with Gasteiger partial charge in [0.05, 0.1) is 24.9 Å². The van der Waals surface area contributed by atoms with Crippen LogP contribution in [0.3, 0.4) is 0 Å². The van der Waals surface area contributed by atoms with Crippen molar-refractivity contribution in [1.82, 2.24) is 4.90 Å². The Morgan fingerprint density at radius 2 is 2.20 bits per heavy atom. The summed E-state index contributed by atoms with van der Waals surface area (Å²) in [6.45, 7) is 0.352. The van der Waals surface area contributed by atoms with Gasteiger partial charge in [-0.15, -0.1) is 0 Å². The Labute approximate surface area is 88.6 Å². The third kappa shape index (κ3) is 1.75. The van der Waals surface area contributed by atoms with Crippen LogP contribution in [0.1, 0.15) is 19.3 Å². The smallest absolute Gasteiger partial charge is 0.248 e. The van der Waals surface area contributed by atoms with E-state index < -0.39 is 6.61 Å². The average Bonchev–Trinajstić information content (AvgIpc) is 2.24. The fourth-order valence-electron chi connectivity index (χ4n) is 2.36. The van der Waals surface area contributed by atoms with Gasteiger partial charge < -0.3 is 19.8 Å². The Morgan fingerprint density at radius 1 is 1.47 bits per heavy atom. The van der Waals surface area contributed by atoms with Crippen molar-refractivity contribution < 1.29 is 19.7 Å². The van der Waals surface area contributed by atoms with Crippen molar-refractivity contribution in [2.45, 2.75) is 30.9 Å². The van der Waals surface area contributed by atoms with Crippen molar-refractivity contribution in [3.05, 3.63) is 0 Å². The number of carbonyl (C=O) groups excluding carboxylic acids is 1. The molecule has 1 unspecified atom stereocenters. The van der Waals surface area contributed by atoms with Gasteiger partial charge >= 0.3 is 0 Å². The van der Waals surface area contributed by atoms with Gasteiger partial charge in [0, 0.05) is 6.54 Å². The first-order valence-corrected chi connectivity index (χ1v) is 5.36. The minimum atomic E-state index is -0.458. The van der Waals surface area contributed by atoms with E-state index in [0.29, 0.717) is 13.2 Å². The third-order valence-corrected chi connectivity index (χ3v) is 3.47. The predicted octanol–water partition coefficient (Wildman–Crippen LogP) is -0.879. The number of rotatable bonds is 2. The number of carbonyl (C=O) groups is 1. The second-order valence-corrected chi connectivity index (χ2v) is 4.36. The second kappa shape index (κ2) is 4.08. The number of aliphatic hydroxyl groups excluding tert-OH is 2. The van der Waals surface area contributed by atoms with E-state index in [0.717, 1.165) is 19.3 Å². The molecule has 1 aliphatic heterocycles. The van der Waals surface area contributed by atoms with Gasteiger partial charge in [0.2, 0.25) is 5.91 Å². The fourth-order valence-corrected chi connectivity index (χ4v) is 2.36. The molecule has 86 valence electrons. The normalized spacial score (nSPS) is 28.9. The van der Waals surface area contributed by atoms with Gasteiger partial charge in [-0.1, -0.05) is 0 Å². The van der Waals surface area contributed by atoms with E-state index in [9.17, 15) is 4.79 Å². The number of aliphatic hydroxyl groups is 2. The molecule has 1 aliphatic carbocycles. The maximum atomic E-state index is 11.6. The van der Waals surface area contributed by atoms with Crippen LogP contribution in [-0.4, -0.2) is 59.0 Å². The van der Waals surface area contributed by atoms with E-state index in [1.54, 1.807) is 4.90 Å². The molecule has 0 aromatic rings. The molecule has 1 saturated heterocycles. The molecule has 2 rings (SSSR count). The average molecular weight is 215 g/mol. The van der Waals surface area contributed by atoms with Crippen LogP contribution >= 0.6 is 0 Å². The lowest BCUT2D eigenvalue weighted by Crippen LogP contribution is -2.65. The second-order valence-electron chi connectivity index (χ2n) is 4.36. The van der Waals surface area contributed by atoms with E-state index >= 15 is 0 Å². The summed E-state index contributed by atoms with van der Waals surface area (Å²) >= 11 is 0. The van der Waals surface area contributed by atoms with Crippen LogP contribution in [0.2, 0.25) is 0 Å². The van der Waals surface area contributed by atoms with Crippen LogP contribution < -0.4 is 0 Å². The van der Waals surface area contributed by atoms with Crippen LogP contribution in [-0.2, 0) is 9.53 Å². The Morgan fingerprint density at radius 3 is 2.67 bits per heavy atom. The number of hydrogen-bond acceptors (Lipinski definition) is 4. The molecule has 0 radical (unpaired) electrons. The molecule has 5 heteroatoms. The topological polar surface area (TPSA) is 70.0 Å². The van der Waals surface area contributed by atoms with E-state index in [1.165, 1.54) is 0 Å². The van der Waals surface area contributed by atoms with Crippen LogP contribution in [0.25, 0.3) is 0 Å². The molecular formula is C10H17NO4. The SMILES string of the molecule is O=C(CO)N1CC(CO)OCC12CCC2. The molecule has 15 heavy (non-hydrogen) atoms. The Balaban J connectivity index is 2.09. The molecule has 2 aliphatic rings. The van der Waals surface area contributed by atoms with Gasteiger partial charge in [0.15, 0.2) is 0 Å². The highest BCUT2D eigenvalue weighted by Crippen LogP contribution is 2.40. The largest absolute Gasteiger partial charge is 0.394 e. The lowest BCUT2D eigenvalue weighted by atomic mass is 9.75. The van der Waals surface area contributed by atoms with E-state index in [4.69, 9.17) is 14.9 Å². The highest BCUT2D eigenvalue weighted by molar-refractivity contribution is 5.78. The summed E-state index contributed by atoms with van der Waals surface area (Å²) in [7, 11) is 0. The summed E-state index contributed by atoms with van der Waals surface area (Å²) in [5.74, 6) is -0.253. The lowest BCUT2D eigenvalue weighted by molar-refractivity contribution is -0.176. The van der Waals surface area contributed by atoms with E-state index in [1.807, 2.05) is 0 Å². The molecular weight excluding hydrogens is 198 g/mol. The van der Waals surface area contributed by atoms with Crippen molar-refractivity contribution >= 4 is 5.91 Å². The monoisotopic (exact) mass is 215 g/mol. The minimum absolute atomic E-state index is 0.0781. The number of ether oxygens (including phenoxy) is 1. The van der Waals surface area contributed by atoms with E-state index in [2.05, 4.69) is 0 Å². The fraction of sp³-hybridized carbons (Fsp3) is 0.900. The molecule has 5 nitrogen and oxygen atoms in total. The Bertz CT molecular complexity index is 252. The molecule has 1 saturated carbocycles. The molecule has 1 atom stereocenters. The van der Waals surface area contributed by atoms with Gasteiger partial charge in [-0.05, 0) is 19.3 Å². The van der Waals surface area contributed by atoms with Gasteiger partial charge in [0.1, 0.15) is 6.61 Å². The summed E-state index contributed by atoms with van der Waals surface area (Å²) < 4.78 is 5.48. The van der Waals surface area contributed by atoms with Gasteiger partial charge in [-0.3, -0.25) is 4.79 Å². The van der Waals surface area contributed by atoms with Gasteiger partial charge in [-0.2, -0.15) is 0 Å². The van der Waals surface area contributed by atoms with Gasteiger partial charge in [0.25, 0.3) is 0 Å². The van der Waals surface area contributed by atoms with Crippen LogP contribution in [0.15, 0.2) is 0 Å². The van der Waals surface area contributed by atoms with Gasteiger partial charge in [-0.25, -0.2) is 0 Å². The first kappa shape index (κ1) is 10.9. The number of nitrogens with zero attached hydrogens (tertiary/aromatic N) is 1. The summed E-state index contributed by atoms with van der Waals surface area (Å²) in [5.41, 5.74) is -0.189. The maximum absolute atomic E-state index is 11.6. The number of amides is 1. The maximum Gasteiger partial charge on any atom is 0.248 e. The van der Waals surface area contributed by atoms with Crippen molar-refractivity contribution in [3.63, 3.8) is 0 Å². The Hall–Kier alpha value is -0.650. The first-order valence-electron chi connectivity index (χ1n) is 5.36. The minimum Gasteiger partial charge on any atom is -0.394 e. The van der Waals surface area contributed by atoms with Crippen LogP contribution in [0.4, 0.5) is 0 Å². The van der Waals surface area contributed by atoms with Crippen molar-refractivity contribution in [3.8, 4) is 0 Å². The molecule has 2 N–H and O–H groups in total. The molecule has 1 amide bonds. The quantitative estimate of drug-likeness (QED) is 0.627. The highest BCUT2D eigenvalue weighted by atomic mass is 16.5. The van der Waals surface area contributed by atoms with E-state index in [-0.39, 0.29) is 24.2 Å². The standard InChI is InChI=1S/C10H17NO4/c12-5-8-4-11(9(14)6-13)10(7-15-8)2-1-3-10/h8,12-13H,1-7H2. The first-order chi connectivity index (χ1) is 7.22. The zero-order valence-electron chi connectivity index (χ0n) is 8.69. The highest BCUT2D eigenvalue weighted by Gasteiger charge is 2.48. The molecule has 1 heterocycles. The van der Waals surface area contributed by atoms with Crippen molar-refractivity contribution in [1.29, 1.82) is 0 Å². The summed E-state index contributed by atoms with van der Waals surface area (Å²) in [6.07, 6.45) is 2.68. The third-order valence-electron chi connectivity index (χ3n) is 3.47. The van der Waals surface area contributed by atoms with Crippen molar-refractivity contribution in [2.75, 3.05) is 26.4 Å².